The van der Waals surface area contributed by atoms with Gasteiger partial charge in [-0.15, -0.1) is 0 Å². The molecule has 0 unspecified atom stereocenters. The highest BCUT2D eigenvalue weighted by Crippen LogP contribution is 2.28. The fourth-order valence-corrected chi connectivity index (χ4v) is 1.16. The number of aromatic hydroxyl groups is 1. The molecule has 0 spiro atoms. The number of hydrogen-bond donors (Lipinski definition) is 1. The van der Waals surface area contributed by atoms with Crippen molar-refractivity contribution in [3.63, 3.8) is 0 Å². The molecule has 0 aliphatic carbocycles. The zero-order valence-corrected chi connectivity index (χ0v) is 7.02. The van der Waals surface area contributed by atoms with Crippen LogP contribution in [0.3, 0.4) is 0 Å². The molecule has 0 amide bonds. The van der Waals surface area contributed by atoms with E-state index < -0.39 is 0 Å². The zero-order valence-electron chi connectivity index (χ0n) is 6.26. The summed E-state index contributed by atoms with van der Waals surface area (Å²) in [4.78, 5) is 0. The van der Waals surface area contributed by atoms with Gasteiger partial charge in [0.25, 0.3) is 0 Å². The third kappa shape index (κ3) is 1.55. The van der Waals surface area contributed by atoms with Crippen LogP contribution >= 0.6 is 11.6 Å². The quantitative estimate of drug-likeness (QED) is 0.684. The Hall–Kier alpha value is -0.950. The summed E-state index contributed by atoms with van der Waals surface area (Å²) in [6.45, 7) is 5.40. The average molecular weight is 169 g/mol. The average Bonchev–Trinajstić information content (AvgIpc) is 1.99. The van der Waals surface area contributed by atoms with Gasteiger partial charge in [0.05, 0.1) is 5.02 Å². The summed E-state index contributed by atoms with van der Waals surface area (Å²) in [6.07, 6.45) is 1.69. The highest BCUT2D eigenvalue weighted by molar-refractivity contribution is 6.32. The molecule has 1 nitrogen and oxygen atoms in total. The molecule has 0 aliphatic rings. The molecule has 11 heavy (non-hydrogen) atoms. The van der Waals surface area contributed by atoms with E-state index in [2.05, 4.69) is 6.58 Å². The molecule has 1 rings (SSSR count). The number of rotatable bonds is 1. The van der Waals surface area contributed by atoms with Crippen LogP contribution in [0.5, 0.6) is 5.75 Å². The molecule has 58 valence electrons. The molecule has 0 bridgehead atoms. The first kappa shape index (κ1) is 8.15. The molecule has 0 radical (unpaired) electrons. The van der Waals surface area contributed by atoms with E-state index in [-0.39, 0.29) is 5.75 Å². The first-order chi connectivity index (χ1) is 5.15. The standard InChI is InChI=1S/C9H9ClO/c1-3-7-4-6(2)9(11)8(10)5-7/h3-5,11H,1H2,2H3. The smallest absolute Gasteiger partial charge is 0.137 e. The lowest BCUT2D eigenvalue weighted by atomic mass is 10.1. The molecule has 0 heterocycles. The third-order valence-corrected chi connectivity index (χ3v) is 1.80. The van der Waals surface area contributed by atoms with Gasteiger partial charge in [0.15, 0.2) is 0 Å². The lowest BCUT2D eigenvalue weighted by molar-refractivity contribution is 0.471. The predicted octanol–water partition coefficient (Wildman–Crippen LogP) is 3.00. The first-order valence-corrected chi connectivity index (χ1v) is 3.64. The minimum atomic E-state index is 0.150. The van der Waals surface area contributed by atoms with Gasteiger partial charge in [-0.1, -0.05) is 24.3 Å². The Morgan fingerprint density at radius 1 is 1.55 bits per heavy atom. The van der Waals surface area contributed by atoms with Gasteiger partial charge >= 0.3 is 0 Å². The molecule has 0 aromatic heterocycles. The van der Waals surface area contributed by atoms with E-state index in [0.29, 0.717) is 5.02 Å². The maximum absolute atomic E-state index is 9.26. The SMILES string of the molecule is C=Cc1cc(C)c(O)c(Cl)c1. The van der Waals surface area contributed by atoms with Crippen LogP contribution in [0.25, 0.3) is 6.08 Å². The molecule has 0 fully saturated rings. The van der Waals surface area contributed by atoms with Crippen LogP contribution in [0.15, 0.2) is 18.7 Å². The van der Waals surface area contributed by atoms with Gasteiger partial charge in [-0.3, -0.25) is 0 Å². The molecule has 0 aliphatic heterocycles. The van der Waals surface area contributed by atoms with Gasteiger partial charge in [-0.25, -0.2) is 0 Å². The van der Waals surface area contributed by atoms with Crippen molar-refractivity contribution >= 4 is 17.7 Å². The number of benzene rings is 1. The fraction of sp³-hybridized carbons (Fsp3) is 0.111. The Morgan fingerprint density at radius 3 is 2.64 bits per heavy atom. The topological polar surface area (TPSA) is 20.2 Å². The monoisotopic (exact) mass is 168 g/mol. The molecule has 1 aromatic carbocycles. The highest BCUT2D eigenvalue weighted by Gasteiger charge is 2.01. The zero-order chi connectivity index (χ0) is 8.43. The minimum absolute atomic E-state index is 0.150. The molecule has 0 atom stereocenters. The molecule has 0 saturated heterocycles. The van der Waals surface area contributed by atoms with Crippen molar-refractivity contribution < 1.29 is 5.11 Å². The van der Waals surface area contributed by atoms with Crippen molar-refractivity contribution in [1.82, 2.24) is 0 Å². The molecular formula is C9H9ClO. The van der Waals surface area contributed by atoms with E-state index >= 15 is 0 Å². The highest BCUT2D eigenvalue weighted by atomic mass is 35.5. The summed E-state index contributed by atoms with van der Waals surface area (Å²) in [6, 6.07) is 3.51. The van der Waals surface area contributed by atoms with Gasteiger partial charge in [0, 0.05) is 0 Å². The van der Waals surface area contributed by atoms with E-state index in [4.69, 9.17) is 11.6 Å². The largest absolute Gasteiger partial charge is 0.506 e. The maximum Gasteiger partial charge on any atom is 0.137 e. The molecule has 1 aromatic rings. The summed E-state index contributed by atoms with van der Waals surface area (Å²) >= 11 is 5.70. The van der Waals surface area contributed by atoms with Crippen molar-refractivity contribution in [3.05, 3.63) is 34.9 Å². The van der Waals surface area contributed by atoms with Crippen LogP contribution in [0.1, 0.15) is 11.1 Å². The van der Waals surface area contributed by atoms with Crippen LogP contribution in [0.4, 0.5) is 0 Å². The van der Waals surface area contributed by atoms with E-state index in [0.717, 1.165) is 11.1 Å². The summed E-state index contributed by atoms with van der Waals surface area (Å²) < 4.78 is 0. The van der Waals surface area contributed by atoms with Crippen LogP contribution < -0.4 is 0 Å². The summed E-state index contributed by atoms with van der Waals surface area (Å²) in [5.41, 5.74) is 1.69. The van der Waals surface area contributed by atoms with Crippen molar-refractivity contribution in [2.24, 2.45) is 0 Å². The van der Waals surface area contributed by atoms with Crippen LogP contribution in [0, 0.1) is 6.92 Å². The summed E-state index contributed by atoms with van der Waals surface area (Å²) in [5.74, 6) is 0.150. The Kier molecular flexibility index (Phi) is 2.20. The second-order valence-corrected chi connectivity index (χ2v) is 2.78. The lowest BCUT2D eigenvalue weighted by Gasteiger charge is -2.02. The van der Waals surface area contributed by atoms with Gasteiger partial charge in [0.2, 0.25) is 0 Å². The minimum Gasteiger partial charge on any atom is -0.506 e. The van der Waals surface area contributed by atoms with Gasteiger partial charge in [-0.05, 0) is 30.2 Å². The van der Waals surface area contributed by atoms with Crippen LogP contribution in [-0.4, -0.2) is 5.11 Å². The number of phenolic OH excluding ortho intramolecular Hbond substituents is 1. The van der Waals surface area contributed by atoms with Crippen LogP contribution in [0.2, 0.25) is 5.02 Å². The van der Waals surface area contributed by atoms with Gasteiger partial charge < -0.3 is 5.11 Å². The maximum atomic E-state index is 9.26. The number of halogens is 1. The summed E-state index contributed by atoms with van der Waals surface area (Å²) in [5, 5.41) is 9.63. The lowest BCUT2D eigenvalue weighted by Crippen LogP contribution is -1.78. The first-order valence-electron chi connectivity index (χ1n) is 3.26. The number of hydrogen-bond acceptors (Lipinski definition) is 1. The van der Waals surface area contributed by atoms with Crippen molar-refractivity contribution in [2.45, 2.75) is 6.92 Å². The van der Waals surface area contributed by atoms with Gasteiger partial charge in [0.1, 0.15) is 5.75 Å². The summed E-state index contributed by atoms with van der Waals surface area (Å²) in [7, 11) is 0. The van der Waals surface area contributed by atoms with E-state index in [1.165, 1.54) is 0 Å². The Bertz CT molecular complexity index is 269. The van der Waals surface area contributed by atoms with E-state index in [1.54, 1.807) is 19.1 Å². The molecule has 2 heteroatoms. The Morgan fingerprint density at radius 2 is 2.18 bits per heavy atom. The number of aryl methyl sites for hydroxylation is 1. The van der Waals surface area contributed by atoms with Gasteiger partial charge in [-0.2, -0.15) is 0 Å². The fourth-order valence-electron chi connectivity index (χ4n) is 0.881. The molecule has 1 N–H and O–H groups in total. The van der Waals surface area contributed by atoms with Crippen LogP contribution in [-0.2, 0) is 0 Å². The normalized spacial score (nSPS) is 9.64. The molecular weight excluding hydrogens is 160 g/mol. The van der Waals surface area contributed by atoms with Crippen molar-refractivity contribution in [2.75, 3.05) is 0 Å². The predicted molar refractivity (Wildman–Crippen MR) is 47.9 cm³/mol. The Labute approximate surface area is 70.9 Å². The number of phenols is 1. The molecule has 0 saturated carbocycles. The Balaban J connectivity index is 3.31. The van der Waals surface area contributed by atoms with Crippen molar-refractivity contribution in [1.29, 1.82) is 0 Å². The third-order valence-electron chi connectivity index (χ3n) is 1.51. The van der Waals surface area contributed by atoms with E-state index in [1.807, 2.05) is 6.07 Å². The van der Waals surface area contributed by atoms with Crippen molar-refractivity contribution in [3.8, 4) is 5.75 Å². The second kappa shape index (κ2) is 2.97. The van der Waals surface area contributed by atoms with E-state index in [9.17, 15) is 5.11 Å². The second-order valence-electron chi connectivity index (χ2n) is 2.37.